The number of nitrogens with one attached hydrogen (secondary N) is 1. The number of aryl methyl sites for hydroxylation is 1. The van der Waals surface area contributed by atoms with E-state index >= 15 is 0 Å². The molecule has 1 aromatic heterocycles. The highest BCUT2D eigenvalue weighted by Crippen LogP contribution is 2.23. The molecule has 230 valence electrons. The monoisotopic (exact) mass is 574 g/mol. The second-order valence-electron chi connectivity index (χ2n) is 10.7. The van der Waals surface area contributed by atoms with Crippen molar-refractivity contribution in [2.75, 3.05) is 25.1 Å². The van der Waals surface area contributed by atoms with Crippen LogP contribution in [0.25, 0.3) is 0 Å². The average molecular weight is 575 g/mol. The molecule has 1 aromatic carbocycles. The second kappa shape index (κ2) is 18.2. The molecule has 0 aliphatic rings. The summed E-state index contributed by atoms with van der Waals surface area (Å²) in [7, 11) is 0. The fourth-order valence-corrected chi connectivity index (χ4v) is 4.34. The predicted molar refractivity (Wildman–Crippen MR) is 162 cm³/mol. The molecule has 0 aliphatic carbocycles. The molecule has 10 heteroatoms. The van der Waals surface area contributed by atoms with Crippen LogP contribution >= 0.6 is 0 Å². The summed E-state index contributed by atoms with van der Waals surface area (Å²) in [6.07, 6.45) is 10.5. The number of hydrogen-bond acceptors (Lipinski definition) is 8. The van der Waals surface area contributed by atoms with Crippen LogP contribution in [-0.2, 0) is 22.6 Å². The van der Waals surface area contributed by atoms with Gasteiger partial charge in [0, 0.05) is 13.1 Å². The Labute approximate surface area is 244 Å². The Morgan fingerprint density at radius 1 is 0.854 bits per heavy atom. The first-order valence-corrected chi connectivity index (χ1v) is 15.3. The molecule has 0 radical (unpaired) electrons. The Balaban J connectivity index is 1.99. The highest BCUT2D eigenvalue weighted by atomic mass is 16.6. The van der Waals surface area contributed by atoms with E-state index in [2.05, 4.69) is 24.3 Å². The van der Waals surface area contributed by atoms with Gasteiger partial charge in [0.05, 0.1) is 13.2 Å². The zero-order valence-corrected chi connectivity index (χ0v) is 25.7. The molecule has 0 aliphatic heterocycles. The van der Waals surface area contributed by atoms with E-state index in [-0.39, 0.29) is 24.7 Å². The van der Waals surface area contributed by atoms with E-state index < -0.39 is 17.1 Å². The minimum Gasteiger partial charge on any atom is -0.492 e. The Morgan fingerprint density at radius 2 is 1.44 bits per heavy atom. The van der Waals surface area contributed by atoms with Gasteiger partial charge in [-0.2, -0.15) is 0 Å². The van der Waals surface area contributed by atoms with Crippen LogP contribution in [0.4, 0.5) is 5.82 Å². The molecule has 41 heavy (non-hydrogen) atoms. The highest BCUT2D eigenvalue weighted by Gasteiger charge is 2.31. The smallest absolute Gasteiger partial charge is 0.349 e. The third-order valence-electron chi connectivity index (χ3n) is 6.71. The van der Waals surface area contributed by atoms with Gasteiger partial charge in [-0.25, -0.2) is 14.3 Å². The molecule has 0 fully saturated rings. The first-order chi connectivity index (χ1) is 19.7. The highest BCUT2D eigenvalue weighted by molar-refractivity contribution is 5.79. The number of aromatic nitrogens is 3. The number of esters is 1. The van der Waals surface area contributed by atoms with E-state index in [4.69, 9.17) is 14.2 Å². The summed E-state index contributed by atoms with van der Waals surface area (Å²) in [6.45, 7) is 11.2. The molecule has 2 aromatic rings. The van der Waals surface area contributed by atoms with Gasteiger partial charge >= 0.3 is 11.7 Å². The van der Waals surface area contributed by atoms with Gasteiger partial charge in [0.1, 0.15) is 18.1 Å². The number of nitrogens with zero attached hydrogens (tertiary/aromatic N) is 3. The maximum atomic E-state index is 13.1. The lowest BCUT2D eigenvalue weighted by atomic mass is 10.1. The van der Waals surface area contributed by atoms with E-state index in [1.54, 1.807) is 45.0 Å². The molecule has 0 saturated carbocycles. The first kappa shape index (κ1) is 33.9. The van der Waals surface area contributed by atoms with Crippen LogP contribution in [0.5, 0.6) is 11.5 Å². The van der Waals surface area contributed by atoms with Gasteiger partial charge in [-0.3, -0.25) is 9.36 Å². The number of rotatable bonds is 21. The number of carbonyl (C=O) groups excluding carboxylic acids is 1. The first-order valence-electron chi connectivity index (χ1n) is 15.3. The van der Waals surface area contributed by atoms with Crippen molar-refractivity contribution >= 4 is 11.8 Å². The number of unbranched alkanes of at least 4 members (excludes halogenated alkanes) is 8. The summed E-state index contributed by atoms with van der Waals surface area (Å²) in [5, 5.41) is 7.45. The molecule has 0 amide bonds. The van der Waals surface area contributed by atoms with E-state index in [0.717, 1.165) is 57.8 Å². The van der Waals surface area contributed by atoms with Crippen LogP contribution in [-0.4, -0.2) is 45.7 Å². The molecule has 0 bridgehead atoms. The Bertz CT molecular complexity index is 1160. The Kier molecular flexibility index (Phi) is 15.0. The second-order valence-corrected chi connectivity index (χ2v) is 10.7. The normalized spacial score (nSPS) is 11.3. The fraction of sp³-hybridized carbons (Fsp3) is 0.677. The van der Waals surface area contributed by atoms with Crippen LogP contribution in [0.1, 0.15) is 98.8 Å². The topological polar surface area (TPSA) is 114 Å². The van der Waals surface area contributed by atoms with Gasteiger partial charge < -0.3 is 19.5 Å². The number of benzene rings is 1. The summed E-state index contributed by atoms with van der Waals surface area (Å²) < 4.78 is 19.4. The Hall–Kier alpha value is -3.30. The van der Waals surface area contributed by atoms with Crippen molar-refractivity contribution < 1.29 is 19.0 Å². The van der Waals surface area contributed by atoms with Crippen molar-refractivity contribution in [2.24, 2.45) is 0 Å². The zero-order valence-electron chi connectivity index (χ0n) is 25.7. The number of carbonyl (C=O) groups is 1. The summed E-state index contributed by atoms with van der Waals surface area (Å²) in [6, 6.07) is 6.94. The molecule has 0 saturated heterocycles. The van der Waals surface area contributed by atoms with Crippen molar-refractivity contribution in [1.82, 2.24) is 14.3 Å². The van der Waals surface area contributed by atoms with Crippen molar-refractivity contribution in [1.29, 1.82) is 0 Å². The minimum absolute atomic E-state index is 0.167. The summed E-state index contributed by atoms with van der Waals surface area (Å²) in [4.78, 5) is 38.2. The predicted octanol–water partition coefficient (Wildman–Crippen LogP) is 5.56. The number of hydrogen-bond donors (Lipinski definition) is 1. The van der Waals surface area contributed by atoms with E-state index in [1.165, 1.54) is 15.7 Å². The van der Waals surface area contributed by atoms with Gasteiger partial charge in [0.15, 0.2) is 5.60 Å². The average Bonchev–Trinajstić information content (AvgIpc) is 2.95. The van der Waals surface area contributed by atoms with E-state index in [1.807, 2.05) is 0 Å². The van der Waals surface area contributed by atoms with Crippen molar-refractivity contribution in [3.05, 3.63) is 45.1 Å². The third kappa shape index (κ3) is 11.6. The number of anilines is 1. The molecular weight excluding hydrogens is 524 g/mol. The summed E-state index contributed by atoms with van der Waals surface area (Å²) in [5.74, 6) is 0.867. The molecule has 0 unspecified atom stereocenters. The quantitative estimate of drug-likeness (QED) is 0.152. The zero-order chi connectivity index (χ0) is 30.1. The van der Waals surface area contributed by atoms with E-state index in [0.29, 0.717) is 31.1 Å². The van der Waals surface area contributed by atoms with Crippen LogP contribution in [0, 0.1) is 0 Å². The van der Waals surface area contributed by atoms with Gasteiger partial charge in [0.2, 0.25) is 5.82 Å². The maximum Gasteiger partial charge on any atom is 0.349 e. The molecule has 10 nitrogen and oxygen atoms in total. The molecular formula is C31H50N4O6. The number of ether oxygens (including phenoxy) is 3. The molecule has 0 spiro atoms. The Morgan fingerprint density at radius 3 is 2.05 bits per heavy atom. The van der Waals surface area contributed by atoms with Crippen molar-refractivity contribution in [3.63, 3.8) is 0 Å². The largest absolute Gasteiger partial charge is 0.492 e. The minimum atomic E-state index is -1.11. The standard InChI is InChI=1S/C31H50N4O6/c1-6-9-11-13-15-22-34-28(36)27(33-35(30(34)38)23-16-14-12-10-7-2)32-21-24-40-25-17-19-26(20-18-25)41-31(4,5)29(37)39-8-3/h17-20H,6-16,21-24H2,1-5H3,(H,32,33). The van der Waals surface area contributed by atoms with Gasteiger partial charge in [0.25, 0.3) is 5.56 Å². The summed E-state index contributed by atoms with van der Waals surface area (Å²) >= 11 is 0. The molecule has 1 heterocycles. The van der Waals surface area contributed by atoms with Gasteiger partial charge in [-0.15, -0.1) is 5.10 Å². The van der Waals surface area contributed by atoms with Gasteiger partial charge in [-0.1, -0.05) is 65.2 Å². The van der Waals surface area contributed by atoms with Gasteiger partial charge in [-0.05, 0) is 57.9 Å². The summed E-state index contributed by atoms with van der Waals surface area (Å²) in [5.41, 5.74) is -1.83. The maximum absolute atomic E-state index is 13.1. The third-order valence-corrected chi connectivity index (χ3v) is 6.71. The fourth-order valence-electron chi connectivity index (χ4n) is 4.34. The van der Waals surface area contributed by atoms with E-state index in [9.17, 15) is 14.4 Å². The lowest BCUT2D eigenvalue weighted by Gasteiger charge is -2.24. The van der Waals surface area contributed by atoms with Crippen molar-refractivity contribution in [3.8, 4) is 11.5 Å². The molecule has 0 atom stereocenters. The molecule has 1 N–H and O–H groups in total. The lowest BCUT2D eigenvalue weighted by molar-refractivity contribution is -0.158. The van der Waals surface area contributed by atoms with Crippen LogP contribution < -0.4 is 26.0 Å². The SMILES string of the molecule is CCCCCCCn1nc(NCCOc2ccc(OC(C)(C)C(=O)OCC)cc2)c(=O)n(CCCCCCC)c1=O. The van der Waals surface area contributed by atoms with Crippen LogP contribution in [0.3, 0.4) is 0 Å². The molecule has 2 rings (SSSR count). The van der Waals surface area contributed by atoms with Crippen LogP contribution in [0.2, 0.25) is 0 Å². The van der Waals surface area contributed by atoms with Crippen LogP contribution in [0.15, 0.2) is 33.9 Å². The van der Waals surface area contributed by atoms with Crippen molar-refractivity contribution in [2.45, 2.75) is 118 Å². The lowest BCUT2D eigenvalue weighted by Crippen LogP contribution is -2.43.